The summed E-state index contributed by atoms with van der Waals surface area (Å²) in [4.78, 5) is 17.5. The van der Waals surface area contributed by atoms with E-state index < -0.39 is 27.6 Å². The van der Waals surface area contributed by atoms with Crippen molar-refractivity contribution in [3.63, 3.8) is 0 Å². The average Bonchev–Trinajstić information content (AvgIpc) is 2.49. The van der Waals surface area contributed by atoms with Crippen LogP contribution in [-0.2, 0) is 18.4 Å². The van der Waals surface area contributed by atoms with Crippen LogP contribution >= 0.6 is 27.2 Å². The van der Waals surface area contributed by atoms with Crippen LogP contribution in [0.1, 0.15) is 53.4 Å². The number of rotatable bonds is 14. The molecule has 0 spiro atoms. The fraction of sp³-hybridized carbons (Fsp3) is 0.667. The van der Waals surface area contributed by atoms with Gasteiger partial charge < -0.3 is 19.0 Å². The molecular formula is C18H33ClO6P2. The van der Waals surface area contributed by atoms with Crippen LogP contribution < -0.4 is 0 Å². The Morgan fingerprint density at radius 1 is 1.15 bits per heavy atom. The lowest BCUT2D eigenvalue weighted by Crippen LogP contribution is -2.13. The molecule has 0 bridgehead atoms. The molecule has 0 saturated heterocycles. The van der Waals surface area contributed by atoms with E-state index in [1.807, 2.05) is 0 Å². The van der Waals surface area contributed by atoms with Crippen LogP contribution in [0.3, 0.4) is 0 Å². The Labute approximate surface area is 168 Å². The summed E-state index contributed by atoms with van der Waals surface area (Å²) in [6.45, 7) is 8.43. The molecule has 2 N–H and O–H groups in total. The number of allylic oxidation sites excluding steroid dienone is 5. The minimum atomic E-state index is -4.32. The molecule has 2 unspecified atom stereocenters. The van der Waals surface area contributed by atoms with E-state index in [4.69, 9.17) is 30.6 Å². The van der Waals surface area contributed by atoms with Gasteiger partial charge in [0.25, 0.3) is 0 Å². The summed E-state index contributed by atoms with van der Waals surface area (Å²) in [5.74, 6) is -0.741. The molecule has 0 radical (unpaired) electrons. The third-order valence-electron chi connectivity index (χ3n) is 3.41. The van der Waals surface area contributed by atoms with Crippen molar-refractivity contribution in [3.8, 4) is 0 Å². The average molecular weight is 443 g/mol. The molecule has 0 heterocycles. The number of hydrogen-bond acceptors (Lipinski definition) is 4. The standard InChI is InChI=1S/C18H33ClO6P2/c1-15(2)7-5-8-16(3)9-6-10-18(19)11-12-24-13-17(4)25-26(20)14-27(21,22)23/h7,9,11,17,26H,5-6,8,10,12-14H2,1-4H3,(H2,21,22,23). The summed E-state index contributed by atoms with van der Waals surface area (Å²) in [6.07, 6.45) is 9.43. The highest BCUT2D eigenvalue weighted by molar-refractivity contribution is 7.64. The van der Waals surface area contributed by atoms with E-state index in [0.29, 0.717) is 11.6 Å². The first kappa shape index (κ1) is 26.8. The van der Waals surface area contributed by atoms with E-state index in [1.54, 1.807) is 13.0 Å². The highest BCUT2D eigenvalue weighted by Crippen LogP contribution is 2.45. The first-order chi connectivity index (χ1) is 12.5. The molecule has 0 saturated carbocycles. The van der Waals surface area contributed by atoms with Gasteiger partial charge in [0.15, 0.2) is 0 Å². The van der Waals surface area contributed by atoms with E-state index >= 15 is 0 Å². The highest BCUT2D eigenvalue weighted by Gasteiger charge is 2.19. The second kappa shape index (κ2) is 14.8. The predicted molar refractivity (Wildman–Crippen MR) is 113 cm³/mol. The zero-order valence-corrected chi connectivity index (χ0v) is 19.3. The molecule has 158 valence electrons. The Bertz CT molecular complexity index is 591. The first-order valence-corrected chi connectivity index (χ1v) is 12.6. The van der Waals surface area contributed by atoms with Crippen molar-refractivity contribution < 1.29 is 28.2 Å². The van der Waals surface area contributed by atoms with Gasteiger partial charge in [0, 0.05) is 5.03 Å². The third-order valence-corrected chi connectivity index (χ3v) is 7.10. The quantitative estimate of drug-likeness (QED) is 0.206. The SMILES string of the molecule is CC(C)=CCCC(C)=CCCC(Cl)=CCOCC(C)O[PH](=O)CP(=O)(O)O. The van der Waals surface area contributed by atoms with E-state index in [-0.39, 0.29) is 6.61 Å². The molecule has 27 heavy (non-hydrogen) atoms. The van der Waals surface area contributed by atoms with E-state index in [9.17, 15) is 9.13 Å². The molecule has 9 heteroatoms. The van der Waals surface area contributed by atoms with E-state index in [0.717, 1.165) is 25.7 Å². The molecule has 2 atom stereocenters. The molecule has 0 aliphatic heterocycles. The largest absolute Gasteiger partial charge is 0.375 e. The number of ether oxygens (including phenoxy) is 1. The second-order valence-corrected chi connectivity index (χ2v) is 10.8. The maximum atomic E-state index is 11.5. The zero-order chi connectivity index (χ0) is 20.9. The molecule has 0 aromatic rings. The number of hydrogen-bond donors (Lipinski definition) is 2. The molecule has 0 aliphatic carbocycles. The van der Waals surface area contributed by atoms with Crippen LogP contribution in [0, 0.1) is 0 Å². The van der Waals surface area contributed by atoms with Crippen LogP contribution in [0.2, 0.25) is 0 Å². The summed E-state index contributed by atoms with van der Waals surface area (Å²) >= 11 is 6.16. The van der Waals surface area contributed by atoms with Crippen molar-refractivity contribution in [2.75, 3.05) is 19.1 Å². The topological polar surface area (TPSA) is 93.1 Å². The summed E-state index contributed by atoms with van der Waals surface area (Å²) in [5, 5.41) is 0.715. The molecule has 0 rings (SSSR count). The third kappa shape index (κ3) is 18.9. The van der Waals surface area contributed by atoms with Crippen LogP contribution in [0.15, 0.2) is 34.4 Å². The van der Waals surface area contributed by atoms with Crippen molar-refractivity contribution in [1.29, 1.82) is 0 Å². The minimum Gasteiger partial charge on any atom is -0.375 e. The van der Waals surface area contributed by atoms with Crippen molar-refractivity contribution in [2.24, 2.45) is 0 Å². The van der Waals surface area contributed by atoms with Crippen molar-refractivity contribution in [1.82, 2.24) is 0 Å². The summed E-state index contributed by atoms with van der Waals surface area (Å²) < 4.78 is 32.6. The Kier molecular flexibility index (Phi) is 14.7. The fourth-order valence-electron chi connectivity index (χ4n) is 2.10. The second-order valence-electron chi connectivity index (χ2n) is 6.72. The lowest BCUT2D eigenvalue weighted by atomic mass is 10.1. The van der Waals surface area contributed by atoms with Crippen molar-refractivity contribution in [2.45, 2.75) is 59.5 Å². The minimum absolute atomic E-state index is 0.168. The molecule has 0 amide bonds. The molecule has 0 aliphatic rings. The van der Waals surface area contributed by atoms with Gasteiger partial charge in [-0.1, -0.05) is 34.9 Å². The molecule has 0 fully saturated rings. The molecule has 0 aromatic heterocycles. The maximum absolute atomic E-state index is 11.5. The Morgan fingerprint density at radius 3 is 2.37 bits per heavy atom. The van der Waals surface area contributed by atoms with Gasteiger partial charge in [-0.2, -0.15) is 0 Å². The van der Waals surface area contributed by atoms with Gasteiger partial charge >= 0.3 is 7.60 Å². The normalized spacial score (nSPS) is 15.5. The maximum Gasteiger partial charge on any atom is 0.334 e. The highest BCUT2D eigenvalue weighted by atomic mass is 35.5. The van der Waals surface area contributed by atoms with Gasteiger partial charge in [-0.25, -0.2) is 0 Å². The van der Waals surface area contributed by atoms with Crippen LogP contribution in [0.4, 0.5) is 0 Å². The Morgan fingerprint density at radius 2 is 1.78 bits per heavy atom. The lowest BCUT2D eigenvalue weighted by molar-refractivity contribution is 0.0783. The van der Waals surface area contributed by atoms with Crippen LogP contribution in [0.25, 0.3) is 0 Å². The van der Waals surface area contributed by atoms with Gasteiger partial charge in [-0.3, -0.25) is 9.13 Å². The first-order valence-electron chi connectivity index (χ1n) is 8.95. The smallest absolute Gasteiger partial charge is 0.334 e. The Hall–Kier alpha value is -0.190. The van der Waals surface area contributed by atoms with Gasteiger partial charge in [0.1, 0.15) is 5.90 Å². The lowest BCUT2D eigenvalue weighted by Gasteiger charge is -2.13. The zero-order valence-electron chi connectivity index (χ0n) is 16.6. The van der Waals surface area contributed by atoms with Gasteiger partial charge in [-0.05, 0) is 59.5 Å². The van der Waals surface area contributed by atoms with Crippen LogP contribution in [-0.4, -0.2) is 35.0 Å². The van der Waals surface area contributed by atoms with Gasteiger partial charge in [0.2, 0.25) is 8.03 Å². The van der Waals surface area contributed by atoms with Gasteiger partial charge in [0.05, 0.1) is 19.3 Å². The van der Waals surface area contributed by atoms with Gasteiger partial charge in [-0.15, -0.1) is 0 Å². The summed E-state index contributed by atoms with van der Waals surface area (Å²) in [6, 6.07) is 0. The molecular weight excluding hydrogens is 410 g/mol. The predicted octanol–water partition coefficient (Wildman–Crippen LogP) is 5.61. The molecule has 6 nitrogen and oxygen atoms in total. The number of halogens is 1. The Balaban J connectivity index is 3.97. The summed E-state index contributed by atoms with van der Waals surface area (Å²) in [5.41, 5.74) is 2.69. The van der Waals surface area contributed by atoms with Crippen LogP contribution in [0.5, 0.6) is 0 Å². The van der Waals surface area contributed by atoms with E-state index in [1.165, 1.54) is 11.1 Å². The summed E-state index contributed by atoms with van der Waals surface area (Å²) in [7, 11) is -7.09. The molecule has 0 aromatic carbocycles. The van der Waals surface area contributed by atoms with Crippen molar-refractivity contribution in [3.05, 3.63) is 34.4 Å². The van der Waals surface area contributed by atoms with E-state index in [2.05, 4.69) is 32.9 Å². The van der Waals surface area contributed by atoms with Crippen molar-refractivity contribution >= 4 is 27.2 Å². The fourth-order valence-corrected chi connectivity index (χ4v) is 4.43. The monoisotopic (exact) mass is 442 g/mol.